The van der Waals surface area contributed by atoms with Gasteiger partial charge in [0.25, 0.3) is 0 Å². The Labute approximate surface area is 155 Å². The first-order valence-corrected chi connectivity index (χ1v) is 10.7. The summed E-state index contributed by atoms with van der Waals surface area (Å²) in [5, 5.41) is 7.02. The average Bonchev–Trinajstić information content (AvgIpc) is 2.64. The van der Waals surface area contributed by atoms with Gasteiger partial charge in [0.15, 0.2) is 5.96 Å². The number of hydrogen-bond donors (Lipinski definition) is 2. The summed E-state index contributed by atoms with van der Waals surface area (Å²) >= 11 is 0. The maximum absolute atomic E-state index is 5.99. The van der Waals surface area contributed by atoms with E-state index in [2.05, 4.69) is 29.4 Å². The molecule has 0 radical (unpaired) electrons. The van der Waals surface area contributed by atoms with E-state index >= 15 is 0 Å². The maximum atomic E-state index is 5.99. The van der Waals surface area contributed by atoms with Crippen LogP contribution in [0.5, 0.6) is 0 Å². The first kappa shape index (κ1) is 20.5. The lowest BCUT2D eigenvalue weighted by atomic mass is 9.98. The molecule has 1 aliphatic carbocycles. The molecule has 0 bridgehead atoms. The molecule has 0 atom stereocenters. The minimum absolute atomic E-state index is 0.511. The van der Waals surface area contributed by atoms with Crippen molar-refractivity contribution in [3.05, 3.63) is 0 Å². The first-order chi connectivity index (χ1) is 12.3. The molecule has 1 heterocycles. The van der Waals surface area contributed by atoms with Crippen molar-refractivity contribution in [2.45, 2.75) is 83.8 Å². The van der Waals surface area contributed by atoms with Crippen molar-refractivity contribution in [3.8, 4) is 0 Å². The van der Waals surface area contributed by atoms with E-state index in [-0.39, 0.29) is 0 Å². The second kappa shape index (κ2) is 12.5. The van der Waals surface area contributed by atoms with E-state index < -0.39 is 0 Å². The molecular weight excluding hydrogens is 312 g/mol. The molecule has 0 aromatic rings. The Morgan fingerprint density at radius 2 is 1.84 bits per heavy atom. The van der Waals surface area contributed by atoms with Crippen LogP contribution < -0.4 is 10.6 Å². The summed E-state index contributed by atoms with van der Waals surface area (Å²) in [7, 11) is 0. The van der Waals surface area contributed by atoms with Crippen molar-refractivity contribution >= 4 is 5.96 Å². The molecule has 0 unspecified atom stereocenters. The molecule has 5 heteroatoms. The minimum atomic E-state index is 0.511. The van der Waals surface area contributed by atoms with Gasteiger partial charge in [0, 0.05) is 38.8 Å². The Balaban J connectivity index is 1.62. The van der Waals surface area contributed by atoms with Crippen molar-refractivity contribution in [2.75, 3.05) is 39.3 Å². The van der Waals surface area contributed by atoms with Gasteiger partial charge in [-0.2, -0.15) is 0 Å². The predicted molar refractivity (Wildman–Crippen MR) is 106 cm³/mol. The van der Waals surface area contributed by atoms with Crippen LogP contribution in [0.15, 0.2) is 4.99 Å². The van der Waals surface area contributed by atoms with Gasteiger partial charge in [-0.15, -0.1) is 0 Å². The van der Waals surface area contributed by atoms with Crippen LogP contribution >= 0.6 is 0 Å². The topological polar surface area (TPSA) is 48.9 Å². The summed E-state index contributed by atoms with van der Waals surface area (Å²) in [6.07, 6.45) is 11.8. The molecule has 2 N–H and O–H groups in total. The van der Waals surface area contributed by atoms with Gasteiger partial charge in [0.2, 0.25) is 0 Å². The van der Waals surface area contributed by atoms with E-state index in [1.165, 1.54) is 71.0 Å². The van der Waals surface area contributed by atoms with Crippen molar-refractivity contribution in [1.82, 2.24) is 15.5 Å². The van der Waals surface area contributed by atoms with Crippen LogP contribution in [0.3, 0.4) is 0 Å². The molecular formula is C20H40N4O. The van der Waals surface area contributed by atoms with Crippen molar-refractivity contribution < 1.29 is 4.74 Å². The monoisotopic (exact) mass is 352 g/mol. The molecule has 2 fully saturated rings. The number of guanidine groups is 1. The molecule has 1 saturated heterocycles. The second-order valence-electron chi connectivity index (χ2n) is 7.51. The Morgan fingerprint density at radius 1 is 1.08 bits per heavy atom. The number of ether oxygens (including phenoxy) is 1. The van der Waals surface area contributed by atoms with E-state index in [4.69, 9.17) is 9.73 Å². The van der Waals surface area contributed by atoms with Crippen molar-refractivity contribution in [3.63, 3.8) is 0 Å². The van der Waals surface area contributed by atoms with Crippen LogP contribution in [0.1, 0.15) is 71.6 Å². The van der Waals surface area contributed by atoms with E-state index in [1.807, 2.05) is 0 Å². The molecule has 146 valence electrons. The summed E-state index contributed by atoms with van der Waals surface area (Å²) in [6.45, 7) is 10.7. The lowest BCUT2D eigenvalue weighted by molar-refractivity contribution is 0.0281. The zero-order valence-electron chi connectivity index (χ0n) is 16.6. The number of piperidine rings is 1. The third-order valence-electron chi connectivity index (χ3n) is 5.29. The highest BCUT2D eigenvalue weighted by atomic mass is 16.5. The van der Waals surface area contributed by atoms with Crippen LogP contribution in [-0.4, -0.2) is 62.3 Å². The Hall–Kier alpha value is -0.810. The zero-order chi connectivity index (χ0) is 17.7. The normalized spacial score (nSPS) is 21.4. The number of hydrogen-bond acceptors (Lipinski definition) is 3. The number of likely N-dealkylation sites (tertiary alicyclic amines) is 1. The highest BCUT2D eigenvalue weighted by molar-refractivity contribution is 5.80. The number of rotatable bonds is 9. The summed E-state index contributed by atoms with van der Waals surface area (Å²) in [5.41, 5.74) is 0. The standard InChI is InChI=1S/C20H40N4O/c1-3-14-24-15-11-18(12-16-24)23-20(21-4-2)22-13-8-17-25-19-9-6-5-7-10-19/h18-19H,3-17H2,1-2H3,(H2,21,22,23). The Kier molecular flexibility index (Phi) is 10.3. The molecule has 0 spiro atoms. The largest absolute Gasteiger partial charge is 0.378 e. The van der Waals surface area contributed by atoms with Gasteiger partial charge in [-0.05, 0) is 52.0 Å². The van der Waals surface area contributed by atoms with E-state index in [0.29, 0.717) is 12.1 Å². The zero-order valence-corrected chi connectivity index (χ0v) is 16.6. The molecule has 0 amide bonds. The Bertz CT molecular complexity index is 361. The molecule has 0 aromatic carbocycles. The predicted octanol–water partition coefficient (Wildman–Crippen LogP) is 3.16. The van der Waals surface area contributed by atoms with Gasteiger partial charge in [-0.25, -0.2) is 0 Å². The second-order valence-corrected chi connectivity index (χ2v) is 7.51. The third-order valence-corrected chi connectivity index (χ3v) is 5.29. The van der Waals surface area contributed by atoms with Gasteiger partial charge < -0.3 is 20.3 Å². The van der Waals surface area contributed by atoms with Crippen LogP contribution in [0.25, 0.3) is 0 Å². The summed E-state index contributed by atoms with van der Waals surface area (Å²) in [4.78, 5) is 7.32. The van der Waals surface area contributed by atoms with Gasteiger partial charge in [0.1, 0.15) is 0 Å². The summed E-state index contributed by atoms with van der Waals surface area (Å²) in [5.74, 6) is 0.981. The van der Waals surface area contributed by atoms with Gasteiger partial charge >= 0.3 is 0 Å². The quantitative estimate of drug-likeness (QED) is 0.380. The minimum Gasteiger partial charge on any atom is -0.378 e. The first-order valence-electron chi connectivity index (χ1n) is 10.7. The van der Waals surface area contributed by atoms with E-state index in [0.717, 1.165) is 32.1 Å². The molecule has 2 aliphatic rings. The fraction of sp³-hybridized carbons (Fsp3) is 0.950. The molecule has 1 aliphatic heterocycles. The number of nitrogens with zero attached hydrogens (tertiary/aromatic N) is 2. The van der Waals surface area contributed by atoms with Gasteiger partial charge in [0.05, 0.1) is 6.10 Å². The number of aliphatic imine (C=N–C) groups is 1. The van der Waals surface area contributed by atoms with Crippen molar-refractivity contribution in [1.29, 1.82) is 0 Å². The van der Waals surface area contributed by atoms with Crippen molar-refractivity contribution in [2.24, 2.45) is 4.99 Å². The van der Waals surface area contributed by atoms with Crippen LogP contribution in [-0.2, 0) is 4.74 Å². The molecule has 25 heavy (non-hydrogen) atoms. The highest BCUT2D eigenvalue weighted by Gasteiger charge is 2.19. The SMILES string of the molecule is CCCN1CCC(NC(=NCCCOC2CCCCC2)NCC)CC1. The Morgan fingerprint density at radius 3 is 2.52 bits per heavy atom. The number of nitrogens with one attached hydrogen (secondary N) is 2. The molecule has 5 nitrogen and oxygen atoms in total. The lowest BCUT2D eigenvalue weighted by Crippen LogP contribution is -2.48. The fourth-order valence-electron chi connectivity index (χ4n) is 3.87. The van der Waals surface area contributed by atoms with Crippen LogP contribution in [0, 0.1) is 0 Å². The van der Waals surface area contributed by atoms with E-state index in [1.54, 1.807) is 0 Å². The van der Waals surface area contributed by atoms with Gasteiger partial charge in [-0.1, -0.05) is 26.2 Å². The lowest BCUT2D eigenvalue weighted by Gasteiger charge is -2.32. The highest BCUT2D eigenvalue weighted by Crippen LogP contribution is 2.20. The third kappa shape index (κ3) is 8.41. The van der Waals surface area contributed by atoms with Gasteiger partial charge in [-0.3, -0.25) is 4.99 Å². The molecule has 1 saturated carbocycles. The van der Waals surface area contributed by atoms with Crippen LogP contribution in [0.4, 0.5) is 0 Å². The maximum Gasteiger partial charge on any atom is 0.191 e. The molecule has 2 rings (SSSR count). The average molecular weight is 353 g/mol. The molecule has 0 aromatic heterocycles. The smallest absolute Gasteiger partial charge is 0.191 e. The summed E-state index contributed by atoms with van der Waals surface area (Å²) in [6, 6.07) is 0.560. The van der Waals surface area contributed by atoms with E-state index in [9.17, 15) is 0 Å². The summed E-state index contributed by atoms with van der Waals surface area (Å²) < 4.78 is 5.99. The fourth-order valence-corrected chi connectivity index (χ4v) is 3.87. The van der Waals surface area contributed by atoms with Crippen LogP contribution in [0.2, 0.25) is 0 Å².